The standard InChI is InChI=1S/C42H48N8O7/c1-45(2)37-21-29-31(22-43-37)40(53)46(3)23-32(29)25-18-35(56-4)33(36(19-25)57-5)24-47-12-10-26(11-13-47)48-14-16-49(17-15-48)27-6-7-28-30(20-27)42(55)50(41(28)54)34-8-9-38(51)44-39(34)52/h6-7,18-23,26,34H,8-17,24H2,1-5H3,(H,44,51,52). The van der Waals surface area contributed by atoms with Gasteiger partial charge in [-0.3, -0.25) is 44.0 Å². The number of rotatable bonds is 9. The second kappa shape index (κ2) is 15.3. The van der Waals surface area contributed by atoms with Crippen molar-refractivity contribution < 1.29 is 28.7 Å². The van der Waals surface area contributed by atoms with Crippen LogP contribution >= 0.6 is 0 Å². The Balaban J connectivity index is 0.906. The maximum atomic E-state index is 13.4. The molecule has 3 saturated heterocycles. The molecule has 298 valence electrons. The van der Waals surface area contributed by atoms with Gasteiger partial charge in [0.15, 0.2) is 0 Å². The van der Waals surface area contributed by atoms with Crippen molar-refractivity contribution in [3.05, 3.63) is 75.8 Å². The number of likely N-dealkylation sites (tertiary alicyclic amines) is 1. The number of imide groups is 2. The maximum Gasteiger partial charge on any atom is 0.262 e. The molecule has 4 amide bonds. The maximum absolute atomic E-state index is 13.4. The fraction of sp³-hybridized carbons (Fsp3) is 0.429. The van der Waals surface area contributed by atoms with Crippen LogP contribution < -0.4 is 30.1 Å². The number of piperidine rings is 2. The van der Waals surface area contributed by atoms with Crippen molar-refractivity contribution in [3.8, 4) is 22.6 Å². The molecule has 3 fully saturated rings. The second-order valence-corrected chi connectivity index (χ2v) is 15.5. The zero-order valence-electron chi connectivity index (χ0n) is 33.0. The molecule has 2 aromatic carbocycles. The number of nitrogens with zero attached hydrogens (tertiary/aromatic N) is 7. The van der Waals surface area contributed by atoms with Crippen LogP contribution in [0.1, 0.15) is 52.0 Å². The van der Waals surface area contributed by atoms with Gasteiger partial charge < -0.3 is 23.8 Å². The van der Waals surface area contributed by atoms with E-state index in [0.717, 1.165) is 102 Å². The first-order valence-corrected chi connectivity index (χ1v) is 19.4. The fourth-order valence-electron chi connectivity index (χ4n) is 8.79. The van der Waals surface area contributed by atoms with Gasteiger partial charge in [-0.1, -0.05) is 0 Å². The topological polar surface area (TPSA) is 150 Å². The summed E-state index contributed by atoms with van der Waals surface area (Å²) in [6.45, 7) is 5.87. The summed E-state index contributed by atoms with van der Waals surface area (Å²) in [5.74, 6) is 0.234. The van der Waals surface area contributed by atoms with E-state index in [1.54, 1.807) is 44.2 Å². The van der Waals surface area contributed by atoms with Crippen molar-refractivity contribution in [2.45, 2.75) is 44.3 Å². The molecule has 1 N–H and O–H groups in total. The Morgan fingerprint density at radius 2 is 1.49 bits per heavy atom. The van der Waals surface area contributed by atoms with Crippen molar-refractivity contribution in [2.75, 3.05) is 77.4 Å². The lowest BCUT2D eigenvalue weighted by molar-refractivity contribution is -0.136. The van der Waals surface area contributed by atoms with E-state index in [1.165, 1.54) is 0 Å². The summed E-state index contributed by atoms with van der Waals surface area (Å²) < 4.78 is 13.6. The van der Waals surface area contributed by atoms with E-state index >= 15 is 0 Å². The number of benzene rings is 2. The number of hydrogen-bond acceptors (Lipinski definition) is 12. The predicted molar refractivity (Wildman–Crippen MR) is 215 cm³/mol. The van der Waals surface area contributed by atoms with Gasteiger partial charge in [-0.15, -0.1) is 0 Å². The summed E-state index contributed by atoms with van der Waals surface area (Å²) in [6, 6.07) is 10.8. The number of carbonyl (C=O) groups is 4. The number of nitrogens with one attached hydrogen (secondary N) is 1. The zero-order chi connectivity index (χ0) is 40.1. The Hall–Kier alpha value is -5.80. The highest BCUT2D eigenvalue weighted by molar-refractivity contribution is 6.23. The number of amides is 4. The normalized spacial score (nSPS) is 19.6. The van der Waals surface area contributed by atoms with E-state index < -0.39 is 29.7 Å². The molecule has 0 radical (unpaired) electrons. The van der Waals surface area contributed by atoms with Gasteiger partial charge in [0, 0.05) is 95.4 Å². The lowest BCUT2D eigenvalue weighted by Gasteiger charge is -2.43. The van der Waals surface area contributed by atoms with Gasteiger partial charge in [0.25, 0.3) is 17.4 Å². The van der Waals surface area contributed by atoms with Crippen LogP contribution in [0.4, 0.5) is 11.5 Å². The van der Waals surface area contributed by atoms with Gasteiger partial charge >= 0.3 is 0 Å². The fourth-order valence-corrected chi connectivity index (χ4v) is 8.79. The third-order valence-corrected chi connectivity index (χ3v) is 12.0. The van der Waals surface area contributed by atoms with Gasteiger partial charge in [-0.05, 0) is 74.3 Å². The van der Waals surface area contributed by atoms with Gasteiger partial charge in [-0.2, -0.15) is 0 Å². The Morgan fingerprint density at radius 1 is 0.807 bits per heavy atom. The van der Waals surface area contributed by atoms with Crippen LogP contribution in [-0.4, -0.2) is 128 Å². The number of anilines is 2. The molecule has 4 aromatic rings. The van der Waals surface area contributed by atoms with Gasteiger partial charge in [0.05, 0.1) is 36.3 Å². The van der Waals surface area contributed by atoms with Crippen LogP contribution in [0.15, 0.2) is 53.6 Å². The van der Waals surface area contributed by atoms with Crippen molar-refractivity contribution in [1.29, 1.82) is 0 Å². The van der Waals surface area contributed by atoms with Crippen molar-refractivity contribution in [2.24, 2.45) is 7.05 Å². The first kappa shape index (κ1) is 38.1. The molecular formula is C42H48N8O7. The molecule has 4 aliphatic heterocycles. The average molecular weight is 777 g/mol. The Kier molecular flexibility index (Phi) is 10.2. The summed E-state index contributed by atoms with van der Waals surface area (Å²) in [6.07, 6.45) is 5.78. The molecule has 1 unspecified atom stereocenters. The Morgan fingerprint density at radius 3 is 2.14 bits per heavy atom. The average Bonchev–Trinajstić information content (AvgIpc) is 3.47. The number of carbonyl (C=O) groups excluding carboxylic acids is 4. The molecule has 57 heavy (non-hydrogen) atoms. The minimum absolute atomic E-state index is 0.0886. The number of pyridine rings is 2. The van der Waals surface area contributed by atoms with Crippen molar-refractivity contribution in [1.82, 2.24) is 29.6 Å². The SMILES string of the molecule is COc1cc(-c2cn(C)c(=O)c3cnc(N(C)C)cc23)cc(OC)c1CN1CCC(N2CCN(c3ccc4c(c3)C(=O)N(C3CCC(=O)NC3=O)C4=O)CC2)CC1. The smallest absolute Gasteiger partial charge is 0.262 e. The van der Waals surface area contributed by atoms with E-state index in [9.17, 15) is 24.0 Å². The highest BCUT2D eigenvalue weighted by Gasteiger charge is 2.45. The summed E-state index contributed by atoms with van der Waals surface area (Å²) in [5, 5.41) is 3.61. The van der Waals surface area contributed by atoms with Crippen LogP contribution in [0.3, 0.4) is 0 Å². The zero-order valence-corrected chi connectivity index (χ0v) is 33.0. The highest BCUT2D eigenvalue weighted by Crippen LogP contribution is 2.39. The Labute approximate surface area is 330 Å². The molecular weight excluding hydrogens is 729 g/mol. The lowest BCUT2D eigenvalue weighted by Crippen LogP contribution is -2.54. The molecule has 4 aliphatic rings. The molecule has 0 bridgehead atoms. The third-order valence-electron chi connectivity index (χ3n) is 12.0. The van der Waals surface area contributed by atoms with Gasteiger partial charge in [-0.25, -0.2) is 4.98 Å². The first-order valence-electron chi connectivity index (χ1n) is 19.4. The minimum atomic E-state index is -0.979. The minimum Gasteiger partial charge on any atom is -0.496 e. The second-order valence-electron chi connectivity index (χ2n) is 15.5. The molecule has 0 aliphatic carbocycles. The number of aryl methyl sites for hydroxylation is 1. The first-order chi connectivity index (χ1) is 27.4. The molecule has 8 rings (SSSR count). The summed E-state index contributed by atoms with van der Waals surface area (Å²) in [7, 11) is 8.95. The van der Waals surface area contributed by atoms with Crippen LogP contribution in [0.5, 0.6) is 11.5 Å². The number of piperazine rings is 1. The highest BCUT2D eigenvalue weighted by atomic mass is 16.5. The number of aromatic nitrogens is 2. The Bertz CT molecular complexity index is 2320. The van der Waals surface area contributed by atoms with Crippen LogP contribution in [0.25, 0.3) is 21.9 Å². The van der Waals surface area contributed by atoms with E-state index in [0.29, 0.717) is 29.1 Å². The quantitative estimate of drug-likeness (QED) is 0.249. The molecule has 2 aromatic heterocycles. The van der Waals surface area contributed by atoms with Crippen LogP contribution in [-0.2, 0) is 23.2 Å². The molecule has 6 heterocycles. The molecule has 0 saturated carbocycles. The van der Waals surface area contributed by atoms with E-state index in [4.69, 9.17) is 9.47 Å². The van der Waals surface area contributed by atoms with Crippen molar-refractivity contribution in [3.63, 3.8) is 0 Å². The third kappa shape index (κ3) is 6.99. The van der Waals surface area contributed by atoms with E-state index in [-0.39, 0.29) is 18.4 Å². The van der Waals surface area contributed by atoms with Gasteiger partial charge in [0.1, 0.15) is 23.4 Å². The lowest BCUT2D eigenvalue weighted by atomic mass is 9.97. The van der Waals surface area contributed by atoms with E-state index in [1.807, 2.05) is 49.5 Å². The summed E-state index contributed by atoms with van der Waals surface area (Å²) in [4.78, 5) is 78.4. The largest absolute Gasteiger partial charge is 0.496 e. The number of ether oxygens (including phenoxy) is 2. The van der Waals surface area contributed by atoms with Crippen LogP contribution in [0.2, 0.25) is 0 Å². The molecule has 1 atom stereocenters. The number of fused-ring (bicyclic) bond motifs is 2. The van der Waals surface area contributed by atoms with Crippen molar-refractivity contribution >= 4 is 45.9 Å². The van der Waals surface area contributed by atoms with E-state index in [2.05, 4.69) is 25.0 Å². The van der Waals surface area contributed by atoms with Gasteiger partial charge in [0.2, 0.25) is 11.8 Å². The summed E-state index contributed by atoms with van der Waals surface area (Å²) >= 11 is 0. The number of methoxy groups -OCH3 is 2. The predicted octanol–water partition coefficient (Wildman–Crippen LogP) is 2.87. The number of hydrogen-bond donors (Lipinski definition) is 1. The molecule has 15 nitrogen and oxygen atoms in total. The summed E-state index contributed by atoms with van der Waals surface area (Å²) in [5.41, 5.74) is 4.12. The molecule has 15 heteroatoms. The monoisotopic (exact) mass is 776 g/mol. The molecule has 0 spiro atoms. The van der Waals surface area contributed by atoms with Crippen LogP contribution in [0, 0.1) is 0 Å².